The van der Waals surface area contributed by atoms with Crippen molar-refractivity contribution in [1.29, 1.82) is 0 Å². The normalized spacial score (nSPS) is 22.6. The van der Waals surface area contributed by atoms with E-state index in [4.69, 9.17) is 5.11 Å². The maximum atomic E-state index is 12.1. The number of rotatable bonds is 4. The molecule has 4 heteroatoms. The number of carbonyl (C=O) groups is 2. The Labute approximate surface area is 103 Å². The van der Waals surface area contributed by atoms with Gasteiger partial charge in [-0.05, 0) is 24.7 Å². The number of nitrogens with zero attached hydrogens (tertiary/aromatic N) is 1. The lowest BCUT2D eigenvalue weighted by Gasteiger charge is -2.34. The molecule has 0 aromatic carbocycles. The number of aliphatic carboxylic acids is 1. The van der Waals surface area contributed by atoms with Crippen LogP contribution in [0.3, 0.4) is 0 Å². The third kappa shape index (κ3) is 4.02. The van der Waals surface area contributed by atoms with E-state index >= 15 is 0 Å². The van der Waals surface area contributed by atoms with Gasteiger partial charge in [-0.25, -0.2) is 0 Å². The lowest BCUT2D eigenvalue weighted by atomic mass is 9.91. The average Bonchev–Trinajstić information content (AvgIpc) is 2.26. The molecule has 1 rings (SSSR count). The highest BCUT2D eigenvalue weighted by atomic mass is 16.4. The van der Waals surface area contributed by atoms with Crippen LogP contribution >= 0.6 is 0 Å². The number of carboxylic acids is 1. The van der Waals surface area contributed by atoms with Gasteiger partial charge >= 0.3 is 5.97 Å². The Morgan fingerprint density at radius 3 is 2.53 bits per heavy atom. The van der Waals surface area contributed by atoms with Crippen molar-refractivity contribution in [2.45, 2.75) is 40.0 Å². The van der Waals surface area contributed by atoms with Crippen LogP contribution in [0, 0.1) is 17.8 Å². The molecule has 1 N–H and O–H groups in total. The summed E-state index contributed by atoms with van der Waals surface area (Å²) in [7, 11) is 0. The van der Waals surface area contributed by atoms with Gasteiger partial charge in [-0.2, -0.15) is 0 Å². The molecule has 0 aromatic heterocycles. The largest absolute Gasteiger partial charge is 0.481 e. The van der Waals surface area contributed by atoms with Crippen molar-refractivity contribution in [3.8, 4) is 0 Å². The first-order valence-electron chi connectivity index (χ1n) is 6.42. The molecule has 0 aliphatic carbocycles. The van der Waals surface area contributed by atoms with Gasteiger partial charge in [-0.15, -0.1) is 0 Å². The summed E-state index contributed by atoms with van der Waals surface area (Å²) in [6.07, 6.45) is 2.03. The van der Waals surface area contributed by atoms with Crippen molar-refractivity contribution >= 4 is 11.9 Å². The summed E-state index contributed by atoms with van der Waals surface area (Å²) in [5, 5.41) is 8.78. The fraction of sp³-hybridized carbons (Fsp3) is 0.846. The molecule has 0 saturated carbocycles. The summed E-state index contributed by atoms with van der Waals surface area (Å²) in [6, 6.07) is 0. The average molecular weight is 241 g/mol. The summed E-state index contributed by atoms with van der Waals surface area (Å²) in [6.45, 7) is 7.44. The molecule has 2 atom stereocenters. The minimum absolute atomic E-state index is 0.0265. The molecule has 1 heterocycles. The number of hydrogen-bond acceptors (Lipinski definition) is 2. The smallest absolute Gasteiger partial charge is 0.303 e. The van der Waals surface area contributed by atoms with Crippen LogP contribution in [0.5, 0.6) is 0 Å². The Morgan fingerprint density at radius 1 is 1.35 bits per heavy atom. The molecule has 98 valence electrons. The van der Waals surface area contributed by atoms with Gasteiger partial charge in [0.05, 0.1) is 0 Å². The van der Waals surface area contributed by atoms with Crippen molar-refractivity contribution in [1.82, 2.24) is 4.90 Å². The topological polar surface area (TPSA) is 57.6 Å². The minimum Gasteiger partial charge on any atom is -0.481 e. The number of amides is 1. The van der Waals surface area contributed by atoms with Gasteiger partial charge in [-0.3, -0.25) is 9.59 Å². The van der Waals surface area contributed by atoms with Crippen LogP contribution in [0.4, 0.5) is 0 Å². The molecular formula is C13H23NO3. The molecule has 0 spiro atoms. The summed E-state index contributed by atoms with van der Waals surface area (Å²) in [5.41, 5.74) is 0. The summed E-state index contributed by atoms with van der Waals surface area (Å²) in [4.78, 5) is 24.7. The predicted octanol–water partition coefficient (Wildman–Crippen LogP) is 1.99. The van der Waals surface area contributed by atoms with E-state index in [0.717, 1.165) is 19.4 Å². The molecule has 0 aromatic rings. The molecular weight excluding hydrogens is 218 g/mol. The summed E-state index contributed by atoms with van der Waals surface area (Å²) in [5.74, 6) is -0.0956. The second-order valence-corrected chi connectivity index (χ2v) is 5.42. The van der Waals surface area contributed by atoms with Gasteiger partial charge in [0.25, 0.3) is 0 Å². The van der Waals surface area contributed by atoms with Gasteiger partial charge in [0, 0.05) is 25.4 Å². The second-order valence-electron chi connectivity index (χ2n) is 5.42. The molecule has 0 radical (unpaired) electrons. The SMILES string of the molecule is CC(C)C(C)C(=O)N1CCCC(CC(=O)O)C1. The Balaban J connectivity index is 2.54. The van der Waals surface area contributed by atoms with Gasteiger partial charge in [0.15, 0.2) is 0 Å². The number of piperidine rings is 1. The van der Waals surface area contributed by atoms with Gasteiger partial charge < -0.3 is 10.0 Å². The Morgan fingerprint density at radius 2 is 2.00 bits per heavy atom. The van der Waals surface area contributed by atoms with Crippen LogP contribution in [0.2, 0.25) is 0 Å². The lowest BCUT2D eigenvalue weighted by molar-refractivity contribution is -0.142. The monoisotopic (exact) mass is 241 g/mol. The van der Waals surface area contributed by atoms with Crippen molar-refractivity contribution in [3.63, 3.8) is 0 Å². The van der Waals surface area contributed by atoms with Crippen LogP contribution < -0.4 is 0 Å². The predicted molar refractivity (Wildman–Crippen MR) is 65.6 cm³/mol. The van der Waals surface area contributed by atoms with E-state index < -0.39 is 5.97 Å². The Hall–Kier alpha value is -1.06. The minimum atomic E-state index is -0.763. The standard InChI is InChI=1S/C13H23NO3/c1-9(2)10(3)13(17)14-6-4-5-11(8-14)7-12(15)16/h9-11H,4-8H2,1-3H3,(H,15,16). The van der Waals surface area contributed by atoms with E-state index in [9.17, 15) is 9.59 Å². The molecule has 2 unspecified atom stereocenters. The second kappa shape index (κ2) is 6.03. The number of likely N-dealkylation sites (tertiary alicyclic amines) is 1. The van der Waals surface area contributed by atoms with Crippen molar-refractivity contribution in [2.24, 2.45) is 17.8 Å². The third-order valence-electron chi connectivity index (χ3n) is 3.68. The van der Waals surface area contributed by atoms with E-state index in [1.54, 1.807) is 0 Å². The zero-order chi connectivity index (χ0) is 13.0. The van der Waals surface area contributed by atoms with Crippen LogP contribution in [0.1, 0.15) is 40.0 Å². The Bertz CT molecular complexity index is 288. The fourth-order valence-electron chi connectivity index (χ4n) is 2.25. The van der Waals surface area contributed by atoms with Gasteiger partial charge in [0.1, 0.15) is 0 Å². The highest BCUT2D eigenvalue weighted by Crippen LogP contribution is 2.22. The Kier molecular flexibility index (Phi) is 4.97. The van der Waals surface area contributed by atoms with Crippen molar-refractivity contribution in [3.05, 3.63) is 0 Å². The van der Waals surface area contributed by atoms with E-state index in [1.165, 1.54) is 0 Å². The van der Waals surface area contributed by atoms with Crippen LogP contribution in [0.15, 0.2) is 0 Å². The third-order valence-corrected chi connectivity index (χ3v) is 3.68. The van der Waals surface area contributed by atoms with Crippen LogP contribution in [-0.2, 0) is 9.59 Å². The summed E-state index contributed by atoms with van der Waals surface area (Å²) >= 11 is 0. The molecule has 1 aliphatic heterocycles. The van der Waals surface area contributed by atoms with E-state index in [0.29, 0.717) is 12.5 Å². The fourth-order valence-corrected chi connectivity index (χ4v) is 2.25. The van der Waals surface area contributed by atoms with E-state index in [-0.39, 0.29) is 24.2 Å². The highest BCUT2D eigenvalue weighted by Gasteiger charge is 2.28. The molecule has 1 saturated heterocycles. The number of carboxylic acid groups (broad SMARTS) is 1. The maximum Gasteiger partial charge on any atom is 0.303 e. The van der Waals surface area contributed by atoms with Crippen LogP contribution in [0.25, 0.3) is 0 Å². The first-order chi connectivity index (χ1) is 7.91. The molecule has 4 nitrogen and oxygen atoms in total. The first kappa shape index (κ1) is 14.0. The van der Waals surface area contributed by atoms with Gasteiger partial charge in [0.2, 0.25) is 5.91 Å². The van der Waals surface area contributed by atoms with Gasteiger partial charge in [-0.1, -0.05) is 20.8 Å². The quantitative estimate of drug-likeness (QED) is 0.819. The summed E-state index contributed by atoms with van der Waals surface area (Å²) < 4.78 is 0. The molecule has 0 bridgehead atoms. The number of hydrogen-bond donors (Lipinski definition) is 1. The van der Waals surface area contributed by atoms with Crippen molar-refractivity contribution in [2.75, 3.05) is 13.1 Å². The maximum absolute atomic E-state index is 12.1. The first-order valence-corrected chi connectivity index (χ1v) is 6.42. The lowest BCUT2D eigenvalue weighted by Crippen LogP contribution is -2.43. The molecule has 1 amide bonds. The zero-order valence-electron chi connectivity index (χ0n) is 11.0. The molecule has 1 fully saturated rings. The number of carbonyl (C=O) groups excluding carboxylic acids is 1. The highest BCUT2D eigenvalue weighted by molar-refractivity contribution is 5.79. The molecule has 17 heavy (non-hydrogen) atoms. The van der Waals surface area contributed by atoms with Crippen molar-refractivity contribution < 1.29 is 14.7 Å². The molecule has 1 aliphatic rings. The van der Waals surface area contributed by atoms with Crippen LogP contribution in [-0.4, -0.2) is 35.0 Å². The van der Waals surface area contributed by atoms with E-state index in [2.05, 4.69) is 0 Å². The van der Waals surface area contributed by atoms with E-state index in [1.807, 2.05) is 25.7 Å². The zero-order valence-corrected chi connectivity index (χ0v) is 11.0.